The Morgan fingerprint density at radius 1 is 1.30 bits per heavy atom. The molecule has 1 aliphatic heterocycles. The minimum absolute atomic E-state index is 0.0232. The van der Waals surface area contributed by atoms with E-state index in [-0.39, 0.29) is 17.2 Å². The van der Waals surface area contributed by atoms with Gasteiger partial charge < -0.3 is 14.9 Å². The maximum Gasteiger partial charge on any atom is 0.232 e. The van der Waals surface area contributed by atoms with Gasteiger partial charge in [0.05, 0.1) is 18.1 Å². The molecule has 2 rings (SSSR count). The molecule has 7 heteroatoms. The molecule has 6 nitrogen and oxygen atoms in total. The molecule has 0 atom stereocenters. The number of phenolic OH excluding ortho intramolecular Hbond substituents is 1. The number of sulfonamides is 1. The lowest BCUT2D eigenvalue weighted by molar-refractivity contribution is 0.297. The van der Waals surface area contributed by atoms with Gasteiger partial charge >= 0.3 is 0 Å². The third kappa shape index (κ3) is 4.06. The second-order valence-electron chi connectivity index (χ2n) is 4.80. The molecule has 1 aromatic carbocycles. The van der Waals surface area contributed by atoms with Gasteiger partial charge in [0.1, 0.15) is 5.75 Å². The molecule has 0 amide bonds. The first-order valence-electron chi connectivity index (χ1n) is 6.37. The largest absolute Gasteiger partial charge is 0.506 e. The number of para-hydroxylation sites is 2. The summed E-state index contributed by atoms with van der Waals surface area (Å²) in [5.41, 5.74) is 0.216. The van der Waals surface area contributed by atoms with Crippen molar-refractivity contribution in [3.05, 3.63) is 36.7 Å². The molecule has 1 aliphatic rings. The number of nitrogens with zero attached hydrogens (tertiary/aromatic N) is 2. The van der Waals surface area contributed by atoms with Gasteiger partial charge in [0.15, 0.2) is 0 Å². The Labute approximate surface area is 119 Å². The van der Waals surface area contributed by atoms with Crippen LogP contribution in [-0.4, -0.2) is 49.3 Å². The van der Waals surface area contributed by atoms with Crippen LogP contribution in [0.15, 0.2) is 36.7 Å². The van der Waals surface area contributed by atoms with Gasteiger partial charge in [-0.1, -0.05) is 12.1 Å². The van der Waals surface area contributed by atoms with Crippen molar-refractivity contribution in [3.8, 4) is 5.75 Å². The zero-order valence-electron chi connectivity index (χ0n) is 11.4. The number of nitrogens with one attached hydrogen (secondary N) is 1. The summed E-state index contributed by atoms with van der Waals surface area (Å²) in [4.78, 5) is 4.07. The van der Waals surface area contributed by atoms with E-state index in [0.29, 0.717) is 13.0 Å². The Morgan fingerprint density at radius 2 is 2.05 bits per heavy atom. The van der Waals surface area contributed by atoms with E-state index in [2.05, 4.69) is 9.62 Å². The highest BCUT2D eigenvalue weighted by atomic mass is 32.2. The molecule has 1 heterocycles. The van der Waals surface area contributed by atoms with Gasteiger partial charge in [-0.3, -0.25) is 4.72 Å². The van der Waals surface area contributed by atoms with Crippen LogP contribution >= 0.6 is 0 Å². The van der Waals surface area contributed by atoms with Gasteiger partial charge in [-0.15, -0.1) is 0 Å². The fourth-order valence-corrected chi connectivity index (χ4v) is 3.09. The predicted octanol–water partition coefficient (Wildman–Crippen LogP) is 1.20. The Kier molecular flexibility index (Phi) is 4.39. The Hall–Kier alpha value is -1.89. The molecule has 0 fully saturated rings. The van der Waals surface area contributed by atoms with E-state index in [4.69, 9.17) is 0 Å². The number of rotatable bonds is 6. The summed E-state index contributed by atoms with van der Waals surface area (Å²) < 4.78 is 26.2. The summed E-state index contributed by atoms with van der Waals surface area (Å²) in [7, 11) is -1.47. The number of anilines is 1. The smallest absolute Gasteiger partial charge is 0.232 e. The summed E-state index contributed by atoms with van der Waals surface area (Å²) in [5, 5.41) is 9.55. The van der Waals surface area contributed by atoms with Crippen LogP contribution in [0, 0.1) is 0 Å². The van der Waals surface area contributed by atoms with E-state index >= 15 is 0 Å². The molecule has 0 saturated carbocycles. The van der Waals surface area contributed by atoms with Crippen LogP contribution < -0.4 is 4.72 Å². The third-order valence-electron chi connectivity index (χ3n) is 2.96. The maximum atomic E-state index is 11.9. The predicted molar refractivity (Wildman–Crippen MR) is 78.6 cm³/mol. The fraction of sp³-hybridized carbons (Fsp3) is 0.385. The van der Waals surface area contributed by atoms with E-state index in [9.17, 15) is 13.5 Å². The van der Waals surface area contributed by atoms with Crippen molar-refractivity contribution in [3.63, 3.8) is 0 Å². The molecule has 0 radical (unpaired) electrons. The number of hydrogen-bond donors (Lipinski definition) is 2. The summed E-state index contributed by atoms with van der Waals surface area (Å²) in [6.45, 7) is 1.47. The molecular weight excluding hydrogens is 278 g/mol. The maximum absolute atomic E-state index is 11.9. The molecule has 1 aromatic rings. The highest BCUT2D eigenvalue weighted by Crippen LogP contribution is 2.22. The highest BCUT2D eigenvalue weighted by molar-refractivity contribution is 7.92. The van der Waals surface area contributed by atoms with Crippen LogP contribution in [0.1, 0.15) is 6.42 Å². The van der Waals surface area contributed by atoms with Gasteiger partial charge in [0.25, 0.3) is 0 Å². The van der Waals surface area contributed by atoms with Crippen molar-refractivity contribution in [1.29, 1.82) is 0 Å². The van der Waals surface area contributed by atoms with Crippen LogP contribution in [0.25, 0.3) is 0 Å². The van der Waals surface area contributed by atoms with Crippen LogP contribution in [0.3, 0.4) is 0 Å². The summed E-state index contributed by atoms with van der Waals surface area (Å²) >= 11 is 0. The molecule has 110 valence electrons. The summed E-state index contributed by atoms with van der Waals surface area (Å²) in [6, 6.07) is 6.29. The normalized spacial score (nSPS) is 14.8. The number of phenols is 1. The topological polar surface area (TPSA) is 72.9 Å². The fourth-order valence-electron chi connectivity index (χ4n) is 1.97. The summed E-state index contributed by atoms with van der Waals surface area (Å²) in [6.07, 6.45) is 4.43. The number of aromatic hydroxyl groups is 1. The van der Waals surface area contributed by atoms with Gasteiger partial charge in [0.2, 0.25) is 10.0 Å². The van der Waals surface area contributed by atoms with Gasteiger partial charge in [0, 0.05) is 26.0 Å². The Morgan fingerprint density at radius 3 is 2.70 bits per heavy atom. The SMILES string of the molecule is CN1C=CN(CCCS(=O)(=O)Nc2ccccc2O)C1. The first-order chi connectivity index (χ1) is 9.46. The van der Waals surface area contributed by atoms with E-state index in [0.717, 1.165) is 6.67 Å². The van der Waals surface area contributed by atoms with Crippen LogP contribution in [0.4, 0.5) is 5.69 Å². The molecule has 0 saturated heterocycles. The van der Waals surface area contributed by atoms with Crippen LogP contribution in [0.2, 0.25) is 0 Å². The lowest BCUT2D eigenvalue weighted by Crippen LogP contribution is -2.26. The Balaban J connectivity index is 1.82. The van der Waals surface area contributed by atoms with E-state index in [1.165, 1.54) is 12.1 Å². The second kappa shape index (κ2) is 6.04. The van der Waals surface area contributed by atoms with Crippen molar-refractivity contribution in [2.75, 3.05) is 30.7 Å². The average molecular weight is 297 g/mol. The van der Waals surface area contributed by atoms with Crippen molar-refractivity contribution in [2.45, 2.75) is 6.42 Å². The molecule has 20 heavy (non-hydrogen) atoms. The minimum Gasteiger partial charge on any atom is -0.506 e. The Bertz CT molecular complexity index is 586. The van der Waals surface area contributed by atoms with E-state index in [1.807, 2.05) is 24.3 Å². The molecule has 0 bridgehead atoms. The third-order valence-corrected chi connectivity index (χ3v) is 4.32. The van der Waals surface area contributed by atoms with Crippen LogP contribution in [-0.2, 0) is 10.0 Å². The number of benzene rings is 1. The average Bonchev–Trinajstić information content (AvgIpc) is 2.77. The molecular formula is C13H19N3O3S. The van der Waals surface area contributed by atoms with Crippen molar-refractivity contribution in [2.24, 2.45) is 0 Å². The molecule has 0 spiro atoms. The van der Waals surface area contributed by atoms with E-state index in [1.54, 1.807) is 12.1 Å². The molecule has 2 N–H and O–H groups in total. The quantitative estimate of drug-likeness (QED) is 0.772. The monoisotopic (exact) mass is 297 g/mol. The zero-order chi connectivity index (χ0) is 14.6. The zero-order valence-corrected chi connectivity index (χ0v) is 12.2. The van der Waals surface area contributed by atoms with Gasteiger partial charge in [-0.05, 0) is 18.6 Å². The number of hydrogen-bond acceptors (Lipinski definition) is 5. The van der Waals surface area contributed by atoms with Crippen molar-refractivity contribution in [1.82, 2.24) is 9.80 Å². The first-order valence-corrected chi connectivity index (χ1v) is 8.02. The summed E-state index contributed by atoms with van der Waals surface area (Å²) in [5.74, 6) is -0.0461. The molecule has 0 unspecified atom stereocenters. The van der Waals surface area contributed by atoms with E-state index < -0.39 is 10.0 Å². The van der Waals surface area contributed by atoms with Crippen LogP contribution in [0.5, 0.6) is 5.75 Å². The van der Waals surface area contributed by atoms with Gasteiger partial charge in [-0.2, -0.15) is 0 Å². The van der Waals surface area contributed by atoms with Crippen molar-refractivity contribution < 1.29 is 13.5 Å². The first kappa shape index (κ1) is 14.5. The molecule has 0 aliphatic carbocycles. The second-order valence-corrected chi connectivity index (χ2v) is 6.64. The minimum atomic E-state index is -3.44. The van der Waals surface area contributed by atoms with Crippen molar-refractivity contribution >= 4 is 15.7 Å². The molecule has 0 aromatic heterocycles. The van der Waals surface area contributed by atoms with Gasteiger partial charge in [-0.25, -0.2) is 8.42 Å². The highest BCUT2D eigenvalue weighted by Gasteiger charge is 2.14. The standard InChI is InChI=1S/C13H19N3O3S/c1-15-8-9-16(11-15)7-4-10-20(18,19)14-12-5-2-3-6-13(12)17/h2-3,5-6,8-9,14,17H,4,7,10-11H2,1H3. The lowest BCUT2D eigenvalue weighted by Gasteiger charge is -2.18. The lowest BCUT2D eigenvalue weighted by atomic mass is 10.3.